The number of furan rings is 1. The standard InChI is InChI=1S/C13H18N4O2S/c1-2-16-12(11-4-3-7-19-11)14-17(13(16)20)10-15-5-8-18-9-6-15/h3-4,7H,2,5-6,8-10H2,1H3. The molecule has 1 aliphatic heterocycles. The van der Waals surface area contributed by atoms with Gasteiger partial charge < -0.3 is 9.15 Å². The van der Waals surface area contributed by atoms with Gasteiger partial charge >= 0.3 is 0 Å². The smallest absolute Gasteiger partial charge is 0.199 e. The molecule has 1 fully saturated rings. The average molecular weight is 294 g/mol. The van der Waals surface area contributed by atoms with Gasteiger partial charge in [0, 0.05) is 19.6 Å². The molecule has 7 heteroatoms. The van der Waals surface area contributed by atoms with Crippen LogP contribution in [0.3, 0.4) is 0 Å². The highest BCUT2D eigenvalue weighted by Crippen LogP contribution is 2.19. The van der Waals surface area contributed by atoms with Crippen LogP contribution < -0.4 is 0 Å². The molecular formula is C13H18N4O2S. The third-order valence-corrected chi connectivity index (χ3v) is 3.85. The molecule has 0 radical (unpaired) electrons. The maximum Gasteiger partial charge on any atom is 0.199 e. The van der Waals surface area contributed by atoms with E-state index in [2.05, 4.69) is 16.9 Å². The highest BCUT2D eigenvalue weighted by Gasteiger charge is 2.17. The zero-order chi connectivity index (χ0) is 13.9. The summed E-state index contributed by atoms with van der Waals surface area (Å²) in [6, 6.07) is 3.77. The minimum Gasteiger partial charge on any atom is -0.461 e. The van der Waals surface area contributed by atoms with Crippen molar-refractivity contribution in [2.45, 2.75) is 20.1 Å². The van der Waals surface area contributed by atoms with E-state index in [9.17, 15) is 0 Å². The summed E-state index contributed by atoms with van der Waals surface area (Å²) in [5.74, 6) is 1.54. The molecule has 0 atom stereocenters. The summed E-state index contributed by atoms with van der Waals surface area (Å²) in [7, 11) is 0. The molecule has 1 aliphatic rings. The van der Waals surface area contributed by atoms with Crippen molar-refractivity contribution in [3.8, 4) is 11.6 Å². The number of nitrogens with zero attached hydrogens (tertiary/aromatic N) is 4. The first kappa shape index (κ1) is 13.5. The summed E-state index contributed by atoms with van der Waals surface area (Å²) in [5.41, 5.74) is 0. The van der Waals surface area contributed by atoms with E-state index < -0.39 is 0 Å². The molecule has 6 nitrogen and oxygen atoms in total. The van der Waals surface area contributed by atoms with E-state index in [0.29, 0.717) is 6.67 Å². The first-order valence-corrected chi connectivity index (χ1v) is 7.22. The molecule has 0 spiro atoms. The van der Waals surface area contributed by atoms with E-state index in [4.69, 9.17) is 21.4 Å². The zero-order valence-corrected chi connectivity index (χ0v) is 12.3. The van der Waals surface area contributed by atoms with Crippen molar-refractivity contribution in [3.63, 3.8) is 0 Å². The van der Waals surface area contributed by atoms with Gasteiger partial charge in [-0.15, -0.1) is 5.10 Å². The lowest BCUT2D eigenvalue weighted by atomic mass is 10.4. The molecule has 0 amide bonds. The van der Waals surface area contributed by atoms with Crippen molar-refractivity contribution >= 4 is 12.2 Å². The second-order valence-electron chi connectivity index (χ2n) is 4.70. The van der Waals surface area contributed by atoms with Gasteiger partial charge in [-0.1, -0.05) is 0 Å². The Morgan fingerprint density at radius 1 is 1.35 bits per heavy atom. The molecule has 0 aromatic carbocycles. The Hall–Kier alpha value is -1.44. The Bertz CT molecular complexity index is 611. The number of hydrogen-bond donors (Lipinski definition) is 0. The molecular weight excluding hydrogens is 276 g/mol. The van der Waals surface area contributed by atoms with Crippen LogP contribution in [0.5, 0.6) is 0 Å². The van der Waals surface area contributed by atoms with Gasteiger partial charge in [-0.2, -0.15) is 0 Å². The Kier molecular flexibility index (Phi) is 4.00. The van der Waals surface area contributed by atoms with Crippen LogP contribution in [-0.2, 0) is 18.0 Å². The number of rotatable bonds is 4. The van der Waals surface area contributed by atoms with Crippen molar-refractivity contribution in [1.82, 2.24) is 19.2 Å². The Morgan fingerprint density at radius 3 is 2.80 bits per heavy atom. The molecule has 0 bridgehead atoms. The molecule has 0 unspecified atom stereocenters. The maximum atomic E-state index is 5.52. The van der Waals surface area contributed by atoms with Gasteiger partial charge in [0.25, 0.3) is 0 Å². The molecule has 3 rings (SSSR count). The largest absolute Gasteiger partial charge is 0.461 e. The molecule has 3 heterocycles. The molecule has 0 aliphatic carbocycles. The van der Waals surface area contributed by atoms with Gasteiger partial charge in [0.2, 0.25) is 0 Å². The molecule has 20 heavy (non-hydrogen) atoms. The van der Waals surface area contributed by atoms with Crippen molar-refractivity contribution in [3.05, 3.63) is 23.2 Å². The topological polar surface area (TPSA) is 48.4 Å². The third kappa shape index (κ3) is 2.56. The van der Waals surface area contributed by atoms with Gasteiger partial charge in [-0.3, -0.25) is 9.47 Å². The van der Waals surface area contributed by atoms with Crippen LogP contribution in [0.2, 0.25) is 0 Å². The molecule has 2 aromatic heterocycles. The van der Waals surface area contributed by atoms with Crippen LogP contribution in [-0.4, -0.2) is 45.6 Å². The van der Waals surface area contributed by atoms with Gasteiger partial charge in [0.1, 0.15) is 0 Å². The van der Waals surface area contributed by atoms with Crippen LogP contribution >= 0.6 is 12.2 Å². The quantitative estimate of drug-likeness (QED) is 0.807. The van der Waals surface area contributed by atoms with Gasteiger partial charge in [-0.05, 0) is 31.3 Å². The Labute approximate surface area is 122 Å². The fraction of sp³-hybridized carbons (Fsp3) is 0.538. The SMILES string of the molecule is CCn1c(-c2ccco2)nn(CN2CCOCC2)c1=S. The Balaban J connectivity index is 1.90. The van der Waals surface area contributed by atoms with E-state index in [1.165, 1.54) is 0 Å². The lowest BCUT2D eigenvalue weighted by Gasteiger charge is -2.26. The minimum atomic E-state index is 0.697. The van der Waals surface area contributed by atoms with Crippen molar-refractivity contribution in [2.75, 3.05) is 26.3 Å². The van der Waals surface area contributed by atoms with E-state index in [1.807, 2.05) is 21.4 Å². The summed E-state index contributed by atoms with van der Waals surface area (Å²) in [6.45, 7) is 6.90. The molecule has 108 valence electrons. The predicted octanol–water partition coefficient (Wildman–Crippen LogP) is 1.98. The minimum absolute atomic E-state index is 0.697. The molecule has 2 aromatic rings. The highest BCUT2D eigenvalue weighted by molar-refractivity contribution is 7.71. The first-order chi connectivity index (χ1) is 9.79. The normalized spacial score (nSPS) is 16.6. The van der Waals surface area contributed by atoms with Crippen LogP contribution in [0.25, 0.3) is 11.6 Å². The van der Waals surface area contributed by atoms with Crippen LogP contribution in [0.15, 0.2) is 22.8 Å². The summed E-state index contributed by atoms with van der Waals surface area (Å²) in [5, 5.41) is 4.62. The fourth-order valence-electron chi connectivity index (χ4n) is 2.34. The van der Waals surface area contributed by atoms with Crippen molar-refractivity contribution < 1.29 is 9.15 Å². The van der Waals surface area contributed by atoms with Crippen LogP contribution in [0.1, 0.15) is 6.92 Å². The van der Waals surface area contributed by atoms with Gasteiger partial charge in [0.15, 0.2) is 16.4 Å². The molecule has 1 saturated heterocycles. The van der Waals surface area contributed by atoms with E-state index in [-0.39, 0.29) is 0 Å². The summed E-state index contributed by atoms with van der Waals surface area (Å²) in [4.78, 5) is 2.29. The summed E-state index contributed by atoms with van der Waals surface area (Å²) >= 11 is 5.52. The van der Waals surface area contributed by atoms with Gasteiger partial charge in [0.05, 0.1) is 26.1 Å². The average Bonchev–Trinajstić information content (AvgIpc) is 3.09. The van der Waals surface area contributed by atoms with Gasteiger partial charge in [-0.25, -0.2) is 4.68 Å². The molecule has 0 saturated carbocycles. The van der Waals surface area contributed by atoms with Crippen LogP contribution in [0, 0.1) is 4.77 Å². The number of ether oxygens (including phenoxy) is 1. The van der Waals surface area contributed by atoms with E-state index >= 15 is 0 Å². The van der Waals surface area contributed by atoms with Crippen molar-refractivity contribution in [1.29, 1.82) is 0 Å². The first-order valence-electron chi connectivity index (χ1n) is 6.81. The fourth-order valence-corrected chi connectivity index (χ4v) is 2.65. The lowest BCUT2D eigenvalue weighted by molar-refractivity contribution is 0.0209. The number of aromatic nitrogens is 3. The lowest BCUT2D eigenvalue weighted by Crippen LogP contribution is -2.37. The van der Waals surface area contributed by atoms with E-state index in [1.54, 1.807) is 6.26 Å². The molecule has 0 N–H and O–H groups in total. The maximum absolute atomic E-state index is 5.52. The summed E-state index contributed by atoms with van der Waals surface area (Å²) < 4.78 is 15.4. The number of hydrogen-bond acceptors (Lipinski definition) is 5. The second-order valence-corrected chi connectivity index (χ2v) is 5.06. The Morgan fingerprint density at radius 2 is 2.15 bits per heavy atom. The third-order valence-electron chi connectivity index (χ3n) is 3.42. The van der Waals surface area contributed by atoms with E-state index in [0.717, 1.165) is 49.2 Å². The predicted molar refractivity (Wildman–Crippen MR) is 76.8 cm³/mol. The highest BCUT2D eigenvalue weighted by atomic mass is 32.1. The van der Waals surface area contributed by atoms with Crippen LogP contribution in [0.4, 0.5) is 0 Å². The van der Waals surface area contributed by atoms with Crippen molar-refractivity contribution in [2.24, 2.45) is 0 Å². The second kappa shape index (κ2) is 5.90. The zero-order valence-electron chi connectivity index (χ0n) is 11.5. The summed E-state index contributed by atoms with van der Waals surface area (Å²) in [6.07, 6.45) is 1.65. The number of morpholine rings is 1. The monoisotopic (exact) mass is 294 g/mol.